The molecule has 0 heterocycles. The van der Waals surface area contributed by atoms with Gasteiger partial charge in [0.25, 0.3) is 0 Å². The van der Waals surface area contributed by atoms with Crippen LogP contribution in [0.1, 0.15) is 122 Å². The third kappa shape index (κ3) is 6.89. The maximum atomic E-state index is 11.9. The van der Waals surface area contributed by atoms with Gasteiger partial charge in [-0.3, -0.25) is 0 Å². The SMILES string of the molecule is C=C(CO)C(=O)OC1CCC(C2CCC3CC(C4CCC(CCCCC)CC4)CCC3C2)CC1. The number of esters is 1. The van der Waals surface area contributed by atoms with E-state index >= 15 is 0 Å². The Bertz CT molecular complexity index is 641. The lowest BCUT2D eigenvalue weighted by Crippen LogP contribution is -2.37. The predicted octanol–water partition coefficient (Wildman–Crippen LogP) is 7.86. The number of unbranched alkanes of at least 4 members (excludes halogenated alkanes) is 2. The van der Waals surface area contributed by atoms with E-state index in [9.17, 15) is 4.79 Å². The Balaban J connectivity index is 1.16. The summed E-state index contributed by atoms with van der Waals surface area (Å²) in [5, 5.41) is 9.08. The highest BCUT2D eigenvalue weighted by molar-refractivity contribution is 5.88. The molecule has 0 aromatic rings. The molecule has 4 fully saturated rings. The summed E-state index contributed by atoms with van der Waals surface area (Å²) in [5.74, 6) is 6.45. The molecule has 34 heavy (non-hydrogen) atoms. The molecule has 4 aliphatic carbocycles. The van der Waals surface area contributed by atoms with Gasteiger partial charge in [0.15, 0.2) is 0 Å². The van der Waals surface area contributed by atoms with Gasteiger partial charge in [-0.05, 0) is 118 Å². The average molecular weight is 473 g/mol. The van der Waals surface area contributed by atoms with E-state index in [0.29, 0.717) is 0 Å². The topological polar surface area (TPSA) is 46.5 Å². The Morgan fingerprint density at radius 2 is 1.21 bits per heavy atom. The number of ether oxygens (including phenoxy) is 1. The quantitative estimate of drug-likeness (QED) is 0.211. The van der Waals surface area contributed by atoms with Crippen LogP contribution in [0.25, 0.3) is 0 Å². The third-order valence-corrected chi connectivity index (χ3v) is 10.6. The number of aliphatic hydroxyl groups is 1. The highest BCUT2D eigenvalue weighted by Gasteiger charge is 2.41. The van der Waals surface area contributed by atoms with E-state index in [4.69, 9.17) is 9.84 Å². The van der Waals surface area contributed by atoms with Crippen molar-refractivity contribution in [2.24, 2.45) is 41.4 Å². The van der Waals surface area contributed by atoms with E-state index in [0.717, 1.165) is 54.3 Å². The molecule has 1 N–H and O–H groups in total. The first-order chi connectivity index (χ1) is 16.6. The Morgan fingerprint density at radius 3 is 1.71 bits per heavy atom. The van der Waals surface area contributed by atoms with Gasteiger partial charge in [0.2, 0.25) is 0 Å². The monoisotopic (exact) mass is 472 g/mol. The normalized spacial score (nSPS) is 38.6. The Kier molecular flexibility index (Phi) is 9.98. The fraction of sp³-hybridized carbons (Fsp3) is 0.903. The highest BCUT2D eigenvalue weighted by atomic mass is 16.5. The van der Waals surface area contributed by atoms with Crippen molar-refractivity contribution in [3.05, 3.63) is 12.2 Å². The van der Waals surface area contributed by atoms with E-state index in [2.05, 4.69) is 13.5 Å². The van der Waals surface area contributed by atoms with Crippen LogP contribution in [-0.2, 0) is 9.53 Å². The van der Waals surface area contributed by atoms with Crippen LogP contribution in [0.2, 0.25) is 0 Å². The summed E-state index contributed by atoms with van der Waals surface area (Å²) in [6.45, 7) is 5.61. The molecule has 0 spiro atoms. The number of carbonyl (C=O) groups excluding carboxylic acids is 1. The molecule has 4 aliphatic rings. The van der Waals surface area contributed by atoms with Gasteiger partial charge in [-0.25, -0.2) is 4.79 Å². The minimum Gasteiger partial charge on any atom is -0.459 e. The van der Waals surface area contributed by atoms with Gasteiger partial charge >= 0.3 is 5.97 Å². The molecule has 0 saturated heterocycles. The Hall–Kier alpha value is -0.830. The summed E-state index contributed by atoms with van der Waals surface area (Å²) in [7, 11) is 0. The maximum absolute atomic E-state index is 11.9. The van der Waals surface area contributed by atoms with Crippen molar-refractivity contribution in [2.45, 2.75) is 129 Å². The standard InChI is InChI=1S/C31H52O3/c1-3-4-5-6-23-7-9-24(10-8-23)26-11-13-29-20-27(12-14-28(29)19-26)25-15-17-30(18-16-25)34-31(33)22(2)21-32/h23-30,32H,2-21H2,1H3. The lowest BCUT2D eigenvalue weighted by molar-refractivity contribution is -0.147. The molecule has 4 unspecified atom stereocenters. The van der Waals surface area contributed by atoms with Crippen LogP contribution < -0.4 is 0 Å². The van der Waals surface area contributed by atoms with Gasteiger partial charge in [0, 0.05) is 0 Å². The van der Waals surface area contributed by atoms with Gasteiger partial charge in [-0.1, -0.05) is 52.0 Å². The molecule has 4 atom stereocenters. The molecule has 4 saturated carbocycles. The summed E-state index contributed by atoms with van der Waals surface area (Å²) in [5.41, 5.74) is 0.177. The molecule has 0 amide bonds. The molecule has 0 aromatic carbocycles. The van der Waals surface area contributed by atoms with Crippen LogP contribution in [0, 0.1) is 41.4 Å². The van der Waals surface area contributed by atoms with Gasteiger partial charge in [0.05, 0.1) is 12.2 Å². The smallest absolute Gasteiger partial charge is 0.336 e. The second-order valence-electron chi connectivity index (χ2n) is 12.6. The fourth-order valence-electron chi connectivity index (χ4n) is 8.43. The van der Waals surface area contributed by atoms with Crippen LogP contribution in [-0.4, -0.2) is 23.8 Å². The van der Waals surface area contributed by atoms with Crippen molar-refractivity contribution in [3.63, 3.8) is 0 Å². The molecule has 0 aromatic heterocycles. The summed E-state index contributed by atoms with van der Waals surface area (Å²) >= 11 is 0. The van der Waals surface area contributed by atoms with Gasteiger partial charge < -0.3 is 9.84 Å². The average Bonchev–Trinajstić information content (AvgIpc) is 2.88. The first kappa shape index (κ1) is 26.2. The molecule has 3 heteroatoms. The Morgan fingerprint density at radius 1 is 0.735 bits per heavy atom. The zero-order chi connectivity index (χ0) is 23.9. The predicted molar refractivity (Wildman–Crippen MR) is 139 cm³/mol. The highest BCUT2D eigenvalue weighted by Crippen LogP contribution is 2.51. The van der Waals surface area contributed by atoms with Crippen molar-refractivity contribution in [2.75, 3.05) is 6.61 Å². The first-order valence-corrected chi connectivity index (χ1v) is 15.1. The van der Waals surface area contributed by atoms with Crippen LogP contribution in [0.15, 0.2) is 12.2 Å². The number of aliphatic hydroxyl groups excluding tert-OH is 1. The van der Waals surface area contributed by atoms with Crippen molar-refractivity contribution in [1.29, 1.82) is 0 Å². The minimum atomic E-state index is -0.409. The summed E-state index contributed by atoms with van der Waals surface area (Å²) in [6, 6.07) is 0. The lowest BCUT2D eigenvalue weighted by Gasteiger charge is -2.47. The van der Waals surface area contributed by atoms with E-state index in [1.807, 2.05) is 0 Å². The zero-order valence-corrected chi connectivity index (χ0v) is 22.0. The third-order valence-electron chi connectivity index (χ3n) is 10.6. The number of carbonyl (C=O) groups is 1. The number of rotatable bonds is 9. The fourth-order valence-corrected chi connectivity index (χ4v) is 8.43. The molecule has 194 valence electrons. The van der Waals surface area contributed by atoms with Crippen LogP contribution >= 0.6 is 0 Å². The number of hydrogen-bond donors (Lipinski definition) is 1. The first-order valence-electron chi connectivity index (χ1n) is 15.1. The molecular formula is C31H52O3. The number of hydrogen-bond acceptors (Lipinski definition) is 3. The van der Waals surface area contributed by atoms with Crippen molar-refractivity contribution >= 4 is 5.97 Å². The molecule has 0 radical (unpaired) electrons. The molecule has 0 bridgehead atoms. The molecule has 3 nitrogen and oxygen atoms in total. The molecule has 0 aliphatic heterocycles. The van der Waals surface area contributed by atoms with E-state index in [-0.39, 0.29) is 18.3 Å². The maximum Gasteiger partial charge on any atom is 0.336 e. The van der Waals surface area contributed by atoms with Crippen molar-refractivity contribution < 1.29 is 14.6 Å². The van der Waals surface area contributed by atoms with Crippen molar-refractivity contribution in [1.82, 2.24) is 0 Å². The van der Waals surface area contributed by atoms with Crippen LogP contribution in [0.3, 0.4) is 0 Å². The second-order valence-corrected chi connectivity index (χ2v) is 12.6. The summed E-state index contributed by atoms with van der Waals surface area (Å²) in [6.07, 6.45) is 25.2. The minimum absolute atomic E-state index is 0.0283. The molecular weight excluding hydrogens is 420 g/mol. The van der Waals surface area contributed by atoms with E-state index < -0.39 is 5.97 Å². The largest absolute Gasteiger partial charge is 0.459 e. The number of fused-ring (bicyclic) bond motifs is 1. The van der Waals surface area contributed by atoms with Gasteiger partial charge in [-0.15, -0.1) is 0 Å². The van der Waals surface area contributed by atoms with Crippen LogP contribution in [0.5, 0.6) is 0 Å². The summed E-state index contributed by atoms with van der Waals surface area (Å²) < 4.78 is 5.57. The van der Waals surface area contributed by atoms with Crippen LogP contribution in [0.4, 0.5) is 0 Å². The van der Waals surface area contributed by atoms with Gasteiger partial charge in [-0.2, -0.15) is 0 Å². The second kappa shape index (κ2) is 12.9. The lowest BCUT2D eigenvalue weighted by atomic mass is 9.59. The zero-order valence-electron chi connectivity index (χ0n) is 22.0. The Labute approximate surface area is 209 Å². The van der Waals surface area contributed by atoms with Crippen molar-refractivity contribution in [3.8, 4) is 0 Å². The van der Waals surface area contributed by atoms with E-state index in [1.165, 1.54) is 96.3 Å². The summed E-state index contributed by atoms with van der Waals surface area (Å²) in [4.78, 5) is 11.9. The molecule has 4 rings (SSSR count). The van der Waals surface area contributed by atoms with E-state index in [1.54, 1.807) is 6.42 Å². The van der Waals surface area contributed by atoms with Gasteiger partial charge in [0.1, 0.15) is 6.10 Å².